The molecule has 1 heterocycles. The van der Waals surface area contributed by atoms with E-state index in [1.165, 1.54) is 0 Å². The second-order valence-electron chi connectivity index (χ2n) is 2.52. The summed E-state index contributed by atoms with van der Waals surface area (Å²) in [6.07, 6.45) is 7.09. The van der Waals surface area contributed by atoms with E-state index in [9.17, 15) is 0 Å². The van der Waals surface area contributed by atoms with E-state index in [4.69, 9.17) is 0 Å². The van der Waals surface area contributed by atoms with Crippen LogP contribution in [0.15, 0.2) is 12.3 Å². The minimum absolute atomic E-state index is 1.01. The molecule has 0 N–H and O–H groups in total. The van der Waals surface area contributed by atoms with E-state index in [0.29, 0.717) is 0 Å². The van der Waals surface area contributed by atoms with Gasteiger partial charge in [0.1, 0.15) is 5.82 Å². The molecule has 0 aliphatic heterocycles. The zero-order valence-corrected chi connectivity index (χ0v) is 9.33. The molecule has 2 nitrogen and oxygen atoms in total. The molecular weight excluding hydrogens is 160 g/mol. The van der Waals surface area contributed by atoms with Crippen molar-refractivity contribution in [2.24, 2.45) is 0 Å². The van der Waals surface area contributed by atoms with Crippen molar-refractivity contribution < 1.29 is 0 Å². The summed E-state index contributed by atoms with van der Waals surface area (Å²) in [4.78, 5) is 4.36. The molecule has 2 heteroatoms. The van der Waals surface area contributed by atoms with Crippen LogP contribution in [-0.4, -0.2) is 9.55 Å². The average Bonchev–Trinajstić information content (AvgIpc) is 2.52. The van der Waals surface area contributed by atoms with Crippen LogP contribution in [0.5, 0.6) is 0 Å². The number of hydrogen-bond acceptors (Lipinski definition) is 1. The lowest BCUT2D eigenvalue weighted by molar-refractivity contribution is 1.01. The Kier molecular flexibility index (Phi) is 5.94. The molecule has 13 heavy (non-hydrogen) atoms. The van der Waals surface area contributed by atoms with E-state index >= 15 is 0 Å². The van der Waals surface area contributed by atoms with E-state index in [0.717, 1.165) is 17.9 Å². The van der Waals surface area contributed by atoms with Crippen LogP contribution in [0.3, 0.4) is 0 Å². The number of rotatable bonds is 2. The Bertz CT molecular complexity index is 259. The Morgan fingerprint density at radius 1 is 1.46 bits per heavy atom. The lowest BCUT2D eigenvalue weighted by Gasteiger charge is -1.91. The minimum Gasteiger partial charge on any atom is -0.311 e. The standard InChI is InChI=1S/C9H14N2.C2H6/c1-4-6-11-7-9(5-2)10-8(11)3;1-2/h4,6-7H,5H2,1-3H3;1-2H3/b6-4-;. The van der Waals surface area contributed by atoms with Gasteiger partial charge in [0.25, 0.3) is 0 Å². The lowest BCUT2D eigenvalue weighted by atomic mass is 10.4. The van der Waals surface area contributed by atoms with Crippen LogP contribution in [-0.2, 0) is 6.42 Å². The predicted molar refractivity (Wildman–Crippen MR) is 58.7 cm³/mol. The fourth-order valence-electron chi connectivity index (χ4n) is 1.03. The quantitative estimate of drug-likeness (QED) is 0.683. The highest BCUT2D eigenvalue weighted by molar-refractivity contribution is 5.25. The highest BCUT2D eigenvalue weighted by Gasteiger charge is 1.97. The van der Waals surface area contributed by atoms with Crippen molar-refractivity contribution in [3.8, 4) is 0 Å². The molecule has 1 rings (SSSR count). The smallest absolute Gasteiger partial charge is 0.109 e. The van der Waals surface area contributed by atoms with Crippen molar-refractivity contribution in [2.45, 2.75) is 41.0 Å². The van der Waals surface area contributed by atoms with E-state index in [1.807, 2.05) is 44.5 Å². The number of allylic oxidation sites excluding steroid dienone is 1. The van der Waals surface area contributed by atoms with Crippen molar-refractivity contribution in [3.63, 3.8) is 0 Å². The van der Waals surface area contributed by atoms with E-state index in [1.54, 1.807) is 0 Å². The molecule has 0 saturated carbocycles. The molecule has 0 unspecified atom stereocenters. The van der Waals surface area contributed by atoms with Crippen molar-refractivity contribution in [1.82, 2.24) is 9.55 Å². The maximum Gasteiger partial charge on any atom is 0.109 e. The van der Waals surface area contributed by atoms with Crippen LogP contribution in [0, 0.1) is 6.92 Å². The Labute approximate surface area is 81.3 Å². The van der Waals surface area contributed by atoms with Crippen LogP contribution in [0.25, 0.3) is 6.20 Å². The van der Waals surface area contributed by atoms with Crippen LogP contribution in [0.2, 0.25) is 0 Å². The summed E-state index contributed by atoms with van der Waals surface area (Å²) in [5.41, 5.74) is 1.15. The summed E-state index contributed by atoms with van der Waals surface area (Å²) >= 11 is 0. The van der Waals surface area contributed by atoms with Crippen molar-refractivity contribution >= 4 is 6.20 Å². The van der Waals surface area contributed by atoms with Gasteiger partial charge in [-0.25, -0.2) is 4.98 Å². The van der Waals surface area contributed by atoms with Gasteiger partial charge in [-0.15, -0.1) is 0 Å². The number of aryl methyl sites for hydroxylation is 2. The van der Waals surface area contributed by atoms with Gasteiger partial charge < -0.3 is 4.57 Å². The van der Waals surface area contributed by atoms with Gasteiger partial charge in [-0.05, 0) is 20.3 Å². The van der Waals surface area contributed by atoms with Gasteiger partial charge in [0, 0.05) is 12.4 Å². The minimum atomic E-state index is 1.01. The van der Waals surface area contributed by atoms with Gasteiger partial charge in [-0.3, -0.25) is 0 Å². The third-order valence-corrected chi connectivity index (χ3v) is 1.64. The summed E-state index contributed by atoms with van der Waals surface area (Å²) in [5, 5.41) is 0. The SMILES string of the molecule is C/C=C\n1cc(CC)nc1C.CC. The Balaban J connectivity index is 0.000000671. The molecule has 1 aromatic rings. The summed E-state index contributed by atoms with van der Waals surface area (Å²) in [5.74, 6) is 1.06. The molecule has 0 saturated heterocycles. The van der Waals surface area contributed by atoms with Gasteiger partial charge in [-0.1, -0.05) is 26.8 Å². The maximum atomic E-state index is 4.36. The fraction of sp³-hybridized carbons (Fsp3) is 0.545. The Hall–Kier alpha value is -1.05. The second kappa shape index (κ2) is 6.46. The Morgan fingerprint density at radius 2 is 2.08 bits per heavy atom. The van der Waals surface area contributed by atoms with Crippen molar-refractivity contribution in [3.05, 3.63) is 23.8 Å². The molecule has 0 radical (unpaired) electrons. The van der Waals surface area contributed by atoms with E-state index in [2.05, 4.69) is 18.1 Å². The molecule has 0 aliphatic rings. The molecule has 0 fully saturated rings. The molecule has 0 aliphatic carbocycles. The molecule has 0 aromatic carbocycles. The largest absolute Gasteiger partial charge is 0.311 e. The van der Waals surface area contributed by atoms with Gasteiger partial charge in [-0.2, -0.15) is 0 Å². The van der Waals surface area contributed by atoms with Crippen LogP contribution >= 0.6 is 0 Å². The number of imidazole rings is 1. The Morgan fingerprint density at radius 3 is 2.46 bits per heavy atom. The highest BCUT2D eigenvalue weighted by Crippen LogP contribution is 2.02. The van der Waals surface area contributed by atoms with Gasteiger partial charge in [0.15, 0.2) is 0 Å². The maximum absolute atomic E-state index is 4.36. The number of nitrogens with zero attached hydrogens (tertiary/aromatic N) is 2. The average molecular weight is 180 g/mol. The third-order valence-electron chi connectivity index (χ3n) is 1.64. The molecule has 0 atom stereocenters. The second-order valence-corrected chi connectivity index (χ2v) is 2.52. The van der Waals surface area contributed by atoms with Crippen LogP contribution in [0.1, 0.15) is 39.2 Å². The zero-order valence-electron chi connectivity index (χ0n) is 9.33. The summed E-state index contributed by atoms with van der Waals surface area (Å²) in [6, 6.07) is 0. The molecule has 1 aromatic heterocycles. The normalized spacial score (nSPS) is 9.92. The third kappa shape index (κ3) is 3.45. The van der Waals surface area contributed by atoms with Crippen molar-refractivity contribution in [2.75, 3.05) is 0 Å². The lowest BCUT2D eigenvalue weighted by Crippen LogP contribution is -1.85. The topological polar surface area (TPSA) is 17.8 Å². The summed E-state index contributed by atoms with van der Waals surface area (Å²) < 4.78 is 2.04. The van der Waals surface area contributed by atoms with Crippen molar-refractivity contribution in [1.29, 1.82) is 0 Å². The fourth-order valence-corrected chi connectivity index (χ4v) is 1.03. The molecule has 0 bridgehead atoms. The molecular formula is C11H20N2. The number of aromatic nitrogens is 2. The number of hydrogen-bond donors (Lipinski definition) is 0. The molecule has 0 spiro atoms. The summed E-state index contributed by atoms with van der Waals surface area (Å²) in [6.45, 7) is 10.1. The van der Waals surface area contributed by atoms with Gasteiger partial charge >= 0.3 is 0 Å². The van der Waals surface area contributed by atoms with Crippen LogP contribution < -0.4 is 0 Å². The monoisotopic (exact) mass is 180 g/mol. The van der Waals surface area contributed by atoms with E-state index < -0.39 is 0 Å². The zero-order chi connectivity index (χ0) is 10.3. The first kappa shape index (κ1) is 11.9. The summed E-state index contributed by atoms with van der Waals surface area (Å²) in [7, 11) is 0. The predicted octanol–water partition coefficient (Wildman–Crippen LogP) is 3.27. The highest BCUT2D eigenvalue weighted by atomic mass is 15.0. The first-order chi connectivity index (χ1) is 6.27. The molecule has 0 amide bonds. The first-order valence-corrected chi connectivity index (χ1v) is 4.95. The van der Waals surface area contributed by atoms with Gasteiger partial charge in [0.05, 0.1) is 5.69 Å². The van der Waals surface area contributed by atoms with E-state index in [-0.39, 0.29) is 0 Å². The molecule has 74 valence electrons. The first-order valence-electron chi connectivity index (χ1n) is 4.95. The van der Waals surface area contributed by atoms with Gasteiger partial charge in [0.2, 0.25) is 0 Å². The van der Waals surface area contributed by atoms with Crippen LogP contribution in [0.4, 0.5) is 0 Å².